The molecule has 5 nitrogen and oxygen atoms in total. The Morgan fingerprint density at radius 3 is 2.78 bits per heavy atom. The predicted molar refractivity (Wildman–Crippen MR) is 133 cm³/mol. The minimum absolute atomic E-state index is 0.132. The number of piperazine rings is 1. The normalized spacial score (nSPS) is 20.1. The molecule has 0 saturated carbocycles. The quantitative estimate of drug-likeness (QED) is 0.606. The van der Waals surface area contributed by atoms with Crippen LogP contribution in [0.15, 0.2) is 35.3 Å². The van der Waals surface area contributed by atoms with Gasteiger partial charge in [0.2, 0.25) is 0 Å². The van der Waals surface area contributed by atoms with Crippen LogP contribution in [0.2, 0.25) is 0 Å². The Morgan fingerprint density at radius 2 is 2.06 bits per heavy atom. The highest BCUT2D eigenvalue weighted by molar-refractivity contribution is 6.20. The van der Waals surface area contributed by atoms with E-state index in [0.29, 0.717) is 6.04 Å². The third kappa shape index (κ3) is 3.10. The van der Waals surface area contributed by atoms with Crippen LogP contribution in [0.3, 0.4) is 0 Å². The Balaban J connectivity index is 1.70. The van der Waals surface area contributed by atoms with E-state index in [2.05, 4.69) is 72.2 Å². The maximum absolute atomic E-state index is 13.8. The molecular weight excluding hydrogens is 396 g/mol. The first-order chi connectivity index (χ1) is 15.3. The third-order valence-corrected chi connectivity index (χ3v) is 7.18. The number of aromatic nitrogens is 1. The smallest absolute Gasteiger partial charge is 0.195 e. The highest BCUT2D eigenvalue weighted by Gasteiger charge is 2.40. The first kappa shape index (κ1) is 21.0. The number of H-pyrrole nitrogens is 1. The Hall–Kier alpha value is -2.92. The largest absolute Gasteiger partial charge is 0.368 e. The second kappa shape index (κ2) is 7.59. The standard InChI is InChI=1S/C27H32N4O/c1-6-18-12-20-21(13-23(18)31-10-9-29-16(2)15-31)27(3,4)26-24(25(20)32)19-8-7-17(14-28-5)11-22(19)30-26/h7-8,11-14,16,29-30H,6,9-10,15H2,1-5H3/b28-14-/t16-/m0/s1. The molecule has 0 unspecified atom stereocenters. The van der Waals surface area contributed by atoms with Crippen molar-refractivity contribution in [3.05, 3.63) is 63.8 Å². The van der Waals surface area contributed by atoms with E-state index in [9.17, 15) is 4.79 Å². The van der Waals surface area contributed by atoms with Crippen LogP contribution in [0.4, 0.5) is 5.69 Å². The second-order valence-corrected chi connectivity index (χ2v) is 9.70. The van der Waals surface area contributed by atoms with Crippen LogP contribution in [0.5, 0.6) is 0 Å². The molecule has 1 saturated heterocycles. The van der Waals surface area contributed by atoms with Gasteiger partial charge in [-0.15, -0.1) is 0 Å². The molecule has 1 atom stereocenters. The van der Waals surface area contributed by atoms with Crippen molar-refractivity contribution < 1.29 is 4.79 Å². The number of ketones is 1. The lowest BCUT2D eigenvalue weighted by atomic mass is 9.70. The number of nitrogens with one attached hydrogen (secondary N) is 2. The first-order valence-corrected chi connectivity index (χ1v) is 11.6. The summed E-state index contributed by atoms with van der Waals surface area (Å²) in [6.07, 6.45) is 2.75. The number of aliphatic imine (C=N–C) groups is 1. The summed E-state index contributed by atoms with van der Waals surface area (Å²) in [4.78, 5) is 24.0. The van der Waals surface area contributed by atoms with Crippen LogP contribution in [0.1, 0.15) is 66.0 Å². The van der Waals surface area contributed by atoms with E-state index >= 15 is 0 Å². The summed E-state index contributed by atoms with van der Waals surface area (Å²) >= 11 is 0. The average Bonchev–Trinajstić information content (AvgIpc) is 3.17. The van der Waals surface area contributed by atoms with Gasteiger partial charge in [-0.1, -0.05) is 32.9 Å². The van der Waals surface area contributed by atoms with E-state index in [1.165, 1.54) is 11.3 Å². The van der Waals surface area contributed by atoms with E-state index in [1.807, 2.05) is 12.3 Å². The monoisotopic (exact) mass is 428 g/mol. The number of nitrogens with zero attached hydrogens (tertiary/aromatic N) is 2. The predicted octanol–water partition coefficient (Wildman–Crippen LogP) is 4.45. The molecule has 0 bridgehead atoms. The molecule has 5 rings (SSSR count). The molecule has 2 N–H and O–H groups in total. The molecule has 3 aromatic rings. The van der Waals surface area contributed by atoms with E-state index in [4.69, 9.17) is 0 Å². The van der Waals surface area contributed by atoms with Gasteiger partial charge in [-0.25, -0.2) is 0 Å². The number of hydrogen-bond donors (Lipinski definition) is 2. The molecule has 166 valence electrons. The number of carbonyl (C=O) groups excluding carboxylic acids is 1. The van der Waals surface area contributed by atoms with Gasteiger partial charge in [-0.3, -0.25) is 9.79 Å². The number of rotatable bonds is 3. The fourth-order valence-electron chi connectivity index (χ4n) is 5.49. The molecule has 0 spiro atoms. The fraction of sp³-hybridized carbons (Fsp3) is 0.407. The van der Waals surface area contributed by atoms with Crippen molar-refractivity contribution >= 4 is 28.6 Å². The van der Waals surface area contributed by atoms with Crippen LogP contribution in [-0.4, -0.2) is 49.7 Å². The lowest BCUT2D eigenvalue weighted by Gasteiger charge is -2.38. The second-order valence-electron chi connectivity index (χ2n) is 9.70. The maximum atomic E-state index is 13.8. The summed E-state index contributed by atoms with van der Waals surface area (Å²) < 4.78 is 0. The summed E-state index contributed by atoms with van der Waals surface area (Å²) in [5.74, 6) is 0.132. The summed E-state index contributed by atoms with van der Waals surface area (Å²) in [6, 6.07) is 11.1. The molecule has 2 heterocycles. The molecule has 0 amide bonds. The molecule has 2 aliphatic rings. The molecule has 1 aliphatic heterocycles. The summed E-state index contributed by atoms with van der Waals surface area (Å²) in [7, 11) is 1.77. The van der Waals surface area contributed by atoms with Crippen molar-refractivity contribution in [3.63, 3.8) is 0 Å². The van der Waals surface area contributed by atoms with Gasteiger partial charge in [-0.05, 0) is 48.2 Å². The Kier molecular flexibility index (Phi) is 4.97. The van der Waals surface area contributed by atoms with Crippen molar-refractivity contribution in [2.45, 2.75) is 45.6 Å². The zero-order valence-corrected chi connectivity index (χ0v) is 19.7. The van der Waals surface area contributed by atoms with Gasteiger partial charge in [0.05, 0.1) is 5.56 Å². The lowest BCUT2D eigenvalue weighted by Crippen LogP contribution is -2.49. The average molecular weight is 429 g/mol. The topological polar surface area (TPSA) is 60.5 Å². The maximum Gasteiger partial charge on any atom is 0.195 e. The summed E-state index contributed by atoms with van der Waals surface area (Å²) in [5, 5.41) is 4.53. The molecular formula is C27H32N4O. The van der Waals surface area contributed by atoms with Crippen LogP contribution in [0, 0.1) is 0 Å². The van der Waals surface area contributed by atoms with Crippen molar-refractivity contribution in [1.29, 1.82) is 0 Å². The molecule has 0 radical (unpaired) electrons. The van der Waals surface area contributed by atoms with Gasteiger partial charge in [0.15, 0.2) is 5.78 Å². The van der Waals surface area contributed by atoms with Gasteiger partial charge in [-0.2, -0.15) is 0 Å². The van der Waals surface area contributed by atoms with Crippen LogP contribution in [0.25, 0.3) is 10.9 Å². The number of hydrogen-bond acceptors (Lipinski definition) is 4. The molecule has 1 aliphatic carbocycles. The Labute approximate surface area is 189 Å². The fourth-order valence-corrected chi connectivity index (χ4v) is 5.49. The van der Waals surface area contributed by atoms with Crippen molar-refractivity contribution in [2.75, 3.05) is 31.6 Å². The summed E-state index contributed by atoms with van der Waals surface area (Å²) in [6.45, 7) is 11.8. The SMILES string of the molecule is CCc1cc2c(cc1N1CCN[C@@H](C)C1)C(C)(C)c1[nH]c3cc(/C=N\C)ccc3c1C2=O. The molecule has 32 heavy (non-hydrogen) atoms. The van der Waals surface area contributed by atoms with Crippen LogP contribution >= 0.6 is 0 Å². The molecule has 5 heteroatoms. The van der Waals surface area contributed by atoms with Gasteiger partial charge >= 0.3 is 0 Å². The van der Waals surface area contributed by atoms with E-state index in [0.717, 1.165) is 64.9 Å². The number of aryl methyl sites for hydroxylation is 1. The number of benzene rings is 2. The van der Waals surface area contributed by atoms with Crippen molar-refractivity contribution in [3.8, 4) is 0 Å². The highest BCUT2D eigenvalue weighted by Crippen LogP contribution is 2.45. The lowest BCUT2D eigenvalue weighted by molar-refractivity contribution is 0.103. The van der Waals surface area contributed by atoms with Crippen LogP contribution in [-0.2, 0) is 11.8 Å². The van der Waals surface area contributed by atoms with Gasteiger partial charge in [0.25, 0.3) is 0 Å². The van der Waals surface area contributed by atoms with Crippen molar-refractivity contribution in [1.82, 2.24) is 10.3 Å². The summed E-state index contributed by atoms with van der Waals surface area (Å²) in [5.41, 5.74) is 8.08. The first-order valence-electron chi connectivity index (χ1n) is 11.6. The molecule has 1 aromatic heterocycles. The zero-order valence-electron chi connectivity index (χ0n) is 19.7. The Morgan fingerprint density at radius 1 is 1.25 bits per heavy atom. The minimum atomic E-state index is -0.294. The van der Waals surface area contributed by atoms with E-state index in [1.54, 1.807) is 7.05 Å². The van der Waals surface area contributed by atoms with Gasteiger partial charge in [0.1, 0.15) is 0 Å². The minimum Gasteiger partial charge on any atom is -0.368 e. The number of aromatic amines is 1. The van der Waals surface area contributed by atoms with E-state index < -0.39 is 0 Å². The number of carbonyl (C=O) groups is 1. The number of anilines is 1. The van der Waals surface area contributed by atoms with Gasteiger partial charge < -0.3 is 15.2 Å². The highest BCUT2D eigenvalue weighted by atomic mass is 16.1. The Bertz CT molecular complexity index is 1250. The molecule has 1 fully saturated rings. The van der Waals surface area contributed by atoms with E-state index in [-0.39, 0.29) is 11.2 Å². The van der Waals surface area contributed by atoms with Crippen molar-refractivity contribution in [2.24, 2.45) is 4.99 Å². The third-order valence-electron chi connectivity index (χ3n) is 7.18. The van der Waals surface area contributed by atoms with Gasteiger partial charge in [0, 0.05) is 72.2 Å². The van der Waals surface area contributed by atoms with Crippen LogP contribution < -0.4 is 10.2 Å². The molecule has 2 aromatic carbocycles. The zero-order chi connectivity index (χ0) is 22.6. The number of fused-ring (bicyclic) bond motifs is 4.